The van der Waals surface area contributed by atoms with Gasteiger partial charge in [-0.15, -0.1) is 0 Å². The SMILES string of the molecule is CN1CCC[C@@H]1c1cc2cnc(NC(=O)c3ccc(N4CCC(OCC5CCN(c6cccc7c6C(=O)N(C6CCC(=O)NC6=O)C7=O)CC5)CC4)cc3)cc2[nH]1. The quantitative estimate of drug-likeness (QED) is 0.200. The van der Waals surface area contributed by atoms with Gasteiger partial charge in [-0.1, -0.05) is 6.07 Å². The Morgan fingerprint density at radius 2 is 1.63 bits per heavy atom. The second-order valence-electron chi connectivity index (χ2n) is 16.1. The molecule has 9 rings (SSSR count). The summed E-state index contributed by atoms with van der Waals surface area (Å²) in [5.74, 6) is -1.24. The van der Waals surface area contributed by atoms with Crippen LogP contribution in [0, 0.1) is 5.92 Å². The normalized spacial score (nSPS) is 22.4. The molecule has 296 valence electrons. The number of anilines is 3. The third-order valence-electron chi connectivity index (χ3n) is 12.6. The average molecular weight is 773 g/mol. The van der Waals surface area contributed by atoms with E-state index in [1.165, 1.54) is 12.1 Å². The van der Waals surface area contributed by atoms with E-state index in [1.54, 1.807) is 12.1 Å². The molecule has 7 heterocycles. The Morgan fingerprint density at radius 3 is 2.37 bits per heavy atom. The van der Waals surface area contributed by atoms with Gasteiger partial charge in [0.05, 0.1) is 28.4 Å². The molecule has 2 atom stereocenters. The first-order valence-electron chi connectivity index (χ1n) is 20.3. The van der Waals surface area contributed by atoms with Gasteiger partial charge in [-0.3, -0.25) is 39.1 Å². The summed E-state index contributed by atoms with van der Waals surface area (Å²) in [6.07, 6.45) is 8.19. The van der Waals surface area contributed by atoms with Crippen LogP contribution in [0.4, 0.5) is 17.2 Å². The van der Waals surface area contributed by atoms with Crippen LogP contribution in [0.1, 0.15) is 94.2 Å². The van der Waals surface area contributed by atoms with Gasteiger partial charge in [0.2, 0.25) is 11.8 Å². The molecule has 2 aromatic heterocycles. The number of hydrogen-bond acceptors (Lipinski definition) is 10. The van der Waals surface area contributed by atoms with E-state index in [0.29, 0.717) is 46.8 Å². The molecule has 4 aromatic rings. The van der Waals surface area contributed by atoms with Crippen molar-refractivity contribution in [2.45, 2.75) is 69.6 Å². The predicted octanol–water partition coefficient (Wildman–Crippen LogP) is 4.89. The van der Waals surface area contributed by atoms with Gasteiger partial charge in [-0.25, -0.2) is 4.98 Å². The van der Waals surface area contributed by atoms with Crippen molar-refractivity contribution in [2.75, 3.05) is 61.5 Å². The lowest BCUT2D eigenvalue weighted by Crippen LogP contribution is -2.54. The van der Waals surface area contributed by atoms with Crippen LogP contribution in [0.25, 0.3) is 10.9 Å². The number of fused-ring (bicyclic) bond motifs is 2. The zero-order chi connectivity index (χ0) is 39.2. The topological polar surface area (TPSA) is 160 Å². The fraction of sp³-hybridized carbons (Fsp3) is 0.442. The van der Waals surface area contributed by atoms with Crippen molar-refractivity contribution in [3.05, 3.63) is 83.2 Å². The molecule has 0 spiro atoms. The van der Waals surface area contributed by atoms with E-state index in [1.807, 2.05) is 42.6 Å². The molecule has 4 saturated heterocycles. The number of rotatable bonds is 9. The Bertz CT molecular complexity index is 2220. The van der Waals surface area contributed by atoms with Crippen molar-refractivity contribution in [1.82, 2.24) is 25.1 Å². The number of likely N-dealkylation sites (tertiary alicyclic amines) is 1. The summed E-state index contributed by atoms with van der Waals surface area (Å²) in [6.45, 7) is 4.98. The number of amides is 5. The summed E-state index contributed by atoms with van der Waals surface area (Å²) in [5, 5.41) is 6.26. The smallest absolute Gasteiger partial charge is 0.264 e. The second-order valence-corrected chi connectivity index (χ2v) is 16.1. The Hall–Kier alpha value is -5.60. The Balaban J connectivity index is 0.729. The summed E-state index contributed by atoms with van der Waals surface area (Å²) in [5.41, 5.74) is 5.19. The van der Waals surface area contributed by atoms with E-state index in [-0.39, 0.29) is 24.9 Å². The zero-order valence-electron chi connectivity index (χ0n) is 32.2. The van der Waals surface area contributed by atoms with E-state index < -0.39 is 29.7 Å². The lowest BCUT2D eigenvalue weighted by Gasteiger charge is -2.36. The van der Waals surface area contributed by atoms with Crippen LogP contribution in [0.5, 0.6) is 0 Å². The Kier molecular flexibility index (Phi) is 9.99. The molecule has 1 unspecified atom stereocenters. The minimum atomic E-state index is -0.982. The molecule has 0 saturated carbocycles. The lowest BCUT2D eigenvalue weighted by atomic mass is 9.96. The third kappa shape index (κ3) is 7.27. The number of aromatic amines is 1. The number of piperidine rings is 3. The summed E-state index contributed by atoms with van der Waals surface area (Å²) >= 11 is 0. The molecule has 14 nitrogen and oxygen atoms in total. The van der Waals surface area contributed by atoms with Gasteiger partial charge >= 0.3 is 0 Å². The van der Waals surface area contributed by atoms with E-state index in [4.69, 9.17) is 4.74 Å². The van der Waals surface area contributed by atoms with Crippen LogP contribution >= 0.6 is 0 Å². The van der Waals surface area contributed by atoms with Gasteiger partial charge in [0.15, 0.2) is 0 Å². The van der Waals surface area contributed by atoms with E-state index in [0.717, 1.165) is 86.3 Å². The van der Waals surface area contributed by atoms with Crippen molar-refractivity contribution >= 4 is 57.6 Å². The third-order valence-corrected chi connectivity index (χ3v) is 12.6. The van der Waals surface area contributed by atoms with Crippen molar-refractivity contribution in [3.8, 4) is 0 Å². The highest BCUT2D eigenvalue weighted by molar-refractivity contribution is 6.25. The zero-order valence-corrected chi connectivity index (χ0v) is 32.2. The van der Waals surface area contributed by atoms with Gasteiger partial charge in [-0.05, 0) is 107 Å². The maximum atomic E-state index is 13.6. The van der Waals surface area contributed by atoms with Crippen molar-refractivity contribution in [3.63, 3.8) is 0 Å². The van der Waals surface area contributed by atoms with Crippen LogP contribution < -0.4 is 20.4 Å². The monoisotopic (exact) mass is 772 g/mol. The minimum Gasteiger partial charge on any atom is -0.378 e. The number of aromatic nitrogens is 2. The number of pyridine rings is 1. The van der Waals surface area contributed by atoms with Crippen LogP contribution in [0.15, 0.2) is 60.8 Å². The van der Waals surface area contributed by atoms with Crippen LogP contribution in [-0.2, 0) is 14.3 Å². The van der Waals surface area contributed by atoms with Crippen LogP contribution in [0.2, 0.25) is 0 Å². The minimum absolute atomic E-state index is 0.0898. The number of carbonyl (C=O) groups excluding carboxylic acids is 5. The Labute approximate surface area is 330 Å². The first kappa shape index (κ1) is 37.0. The fourth-order valence-electron chi connectivity index (χ4n) is 9.27. The maximum Gasteiger partial charge on any atom is 0.264 e. The van der Waals surface area contributed by atoms with Crippen LogP contribution in [0.3, 0.4) is 0 Å². The van der Waals surface area contributed by atoms with E-state index in [2.05, 4.69) is 48.4 Å². The highest BCUT2D eigenvalue weighted by Crippen LogP contribution is 2.36. The summed E-state index contributed by atoms with van der Waals surface area (Å²) < 4.78 is 6.44. The molecule has 5 aliphatic heterocycles. The Morgan fingerprint density at radius 1 is 0.860 bits per heavy atom. The van der Waals surface area contributed by atoms with Gasteiger partial charge in [0.1, 0.15) is 11.9 Å². The number of ether oxygens (including phenoxy) is 1. The van der Waals surface area contributed by atoms with Gasteiger partial charge in [-0.2, -0.15) is 0 Å². The molecule has 2 aromatic carbocycles. The maximum absolute atomic E-state index is 13.6. The van der Waals surface area contributed by atoms with Gasteiger partial charge < -0.3 is 24.8 Å². The largest absolute Gasteiger partial charge is 0.378 e. The number of carbonyl (C=O) groups is 5. The number of nitrogens with one attached hydrogen (secondary N) is 3. The first-order chi connectivity index (χ1) is 27.7. The molecule has 0 aliphatic carbocycles. The molecule has 0 bridgehead atoms. The molecule has 14 heteroatoms. The summed E-state index contributed by atoms with van der Waals surface area (Å²) in [7, 11) is 2.16. The lowest BCUT2D eigenvalue weighted by molar-refractivity contribution is -0.136. The number of benzene rings is 2. The van der Waals surface area contributed by atoms with Gasteiger partial charge in [0, 0.05) is 79.8 Å². The molecule has 5 aliphatic rings. The van der Waals surface area contributed by atoms with Crippen molar-refractivity contribution < 1.29 is 28.7 Å². The number of imide groups is 2. The molecule has 0 radical (unpaired) electrons. The molecule has 3 N–H and O–H groups in total. The van der Waals surface area contributed by atoms with E-state index >= 15 is 0 Å². The molecule has 4 fully saturated rings. The summed E-state index contributed by atoms with van der Waals surface area (Å²) in [6, 6.07) is 16.5. The van der Waals surface area contributed by atoms with Crippen molar-refractivity contribution in [2.24, 2.45) is 5.92 Å². The molecule has 5 amide bonds. The first-order valence-corrected chi connectivity index (χ1v) is 20.3. The van der Waals surface area contributed by atoms with Crippen molar-refractivity contribution in [1.29, 1.82) is 0 Å². The van der Waals surface area contributed by atoms with E-state index in [9.17, 15) is 24.0 Å². The average Bonchev–Trinajstić information content (AvgIpc) is 3.92. The molecular weight excluding hydrogens is 725 g/mol. The van der Waals surface area contributed by atoms with Gasteiger partial charge in [0.25, 0.3) is 17.7 Å². The summed E-state index contributed by atoms with van der Waals surface area (Å²) in [4.78, 5) is 80.2. The number of H-pyrrole nitrogens is 1. The predicted molar refractivity (Wildman–Crippen MR) is 214 cm³/mol. The fourth-order valence-corrected chi connectivity index (χ4v) is 9.27. The number of nitrogens with zero attached hydrogens (tertiary/aromatic N) is 5. The highest BCUT2D eigenvalue weighted by atomic mass is 16.5. The molecular formula is C43H48N8O6. The molecule has 57 heavy (non-hydrogen) atoms. The highest BCUT2D eigenvalue weighted by Gasteiger charge is 2.46. The standard InChI is InChI=1S/C43H48N8O6/c1-48-17-3-6-34(48)33-22-28-24-44-37(23-32(28)45-33)46-40(53)27-7-9-29(10-8-27)49-20-15-30(16-21-49)57-25-26-13-18-50(19-14-26)35-5-2-4-31-39(35)43(56)51(42(31)55)36-11-12-38(52)47-41(36)54/h2,4-5,7-10,22-24,26,30,34,36,45H,3,6,11-21,25H2,1H3,(H,44,46,53)(H,47,52,54)/t34-,36?/m1/s1. The van der Waals surface area contributed by atoms with Crippen LogP contribution in [-0.4, -0.2) is 108 Å². The second kappa shape index (κ2) is 15.4. The number of hydrogen-bond donors (Lipinski definition) is 3.